The van der Waals surface area contributed by atoms with Gasteiger partial charge in [-0.1, -0.05) is 0 Å². The zero-order valence-electron chi connectivity index (χ0n) is 12.7. The molecule has 21 heavy (non-hydrogen) atoms. The molecule has 7 heteroatoms. The zero-order chi connectivity index (χ0) is 15.9. The van der Waals surface area contributed by atoms with E-state index in [4.69, 9.17) is 14.6 Å². The summed E-state index contributed by atoms with van der Waals surface area (Å²) in [4.78, 5) is 0.212. The minimum atomic E-state index is -3.56. The summed E-state index contributed by atoms with van der Waals surface area (Å²) in [7, 11) is -2.02. The molecule has 0 aliphatic rings. The van der Waals surface area contributed by atoms with Gasteiger partial charge in [-0.25, -0.2) is 8.42 Å². The van der Waals surface area contributed by atoms with Crippen LogP contribution in [-0.4, -0.2) is 57.3 Å². The number of methoxy groups -OCH3 is 1. The highest BCUT2D eigenvalue weighted by Gasteiger charge is 2.26. The van der Waals surface area contributed by atoms with Crippen molar-refractivity contribution in [2.45, 2.75) is 24.8 Å². The molecule has 0 fully saturated rings. The molecule has 0 spiro atoms. The lowest BCUT2D eigenvalue weighted by atomic mass is 10.3. The number of aliphatic hydroxyl groups is 1. The van der Waals surface area contributed by atoms with Crippen LogP contribution in [0, 0.1) is 0 Å². The van der Waals surface area contributed by atoms with Gasteiger partial charge in [-0.3, -0.25) is 0 Å². The van der Waals surface area contributed by atoms with E-state index in [1.54, 1.807) is 19.2 Å². The molecule has 0 amide bonds. The smallest absolute Gasteiger partial charge is 0.243 e. The predicted molar refractivity (Wildman–Crippen MR) is 79.9 cm³/mol. The summed E-state index contributed by atoms with van der Waals surface area (Å²) in [5, 5.41) is 8.69. The highest BCUT2D eigenvalue weighted by Crippen LogP contribution is 2.21. The number of sulfonamides is 1. The van der Waals surface area contributed by atoms with Crippen LogP contribution in [-0.2, 0) is 14.8 Å². The number of hydrogen-bond acceptors (Lipinski definition) is 5. The summed E-state index contributed by atoms with van der Waals surface area (Å²) in [5.41, 5.74) is 0. The van der Waals surface area contributed by atoms with Crippen molar-refractivity contribution in [2.75, 3.05) is 33.5 Å². The summed E-state index contributed by atoms with van der Waals surface area (Å²) >= 11 is 0. The third kappa shape index (κ3) is 4.96. The topological polar surface area (TPSA) is 76.1 Å². The third-order valence-corrected chi connectivity index (χ3v) is 4.97. The van der Waals surface area contributed by atoms with Crippen molar-refractivity contribution >= 4 is 10.0 Å². The minimum absolute atomic E-state index is 0.0851. The average Bonchev–Trinajstić information content (AvgIpc) is 2.45. The van der Waals surface area contributed by atoms with Gasteiger partial charge in [0.1, 0.15) is 12.4 Å². The van der Waals surface area contributed by atoms with E-state index in [0.29, 0.717) is 18.9 Å². The van der Waals surface area contributed by atoms with Crippen LogP contribution < -0.4 is 4.74 Å². The molecule has 1 aromatic rings. The average molecular weight is 317 g/mol. The molecule has 0 heterocycles. The van der Waals surface area contributed by atoms with Crippen LogP contribution in [0.25, 0.3) is 0 Å². The Morgan fingerprint density at radius 1 is 1.19 bits per heavy atom. The first-order valence-corrected chi connectivity index (χ1v) is 8.22. The maximum atomic E-state index is 12.6. The molecule has 0 aromatic heterocycles. The van der Waals surface area contributed by atoms with Crippen LogP contribution in [0.2, 0.25) is 0 Å². The van der Waals surface area contributed by atoms with Crippen molar-refractivity contribution in [3.05, 3.63) is 24.3 Å². The van der Waals surface area contributed by atoms with Gasteiger partial charge in [0, 0.05) is 19.7 Å². The minimum Gasteiger partial charge on any atom is -0.491 e. The predicted octanol–water partition coefficient (Wildman–Crippen LogP) is 1.10. The van der Waals surface area contributed by atoms with Crippen molar-refractivity contribution in [2.24, 2.45) is 0 Å². The molecule has 0 unspecified atom stereocenters. The molecule has 0 saturated carbocycles. The van der Waals surface area contributed by atoms with Crippen LogP contribution in [0.15, 0.2) is 29.2 Å². The van der Waals surface area contributed by atoms with Gasteiger partial charge in [0.25, 0.3) is 0 Å². The summed E-state index contributed by atoms with van der Waals surface area (Å²) in [6, 6.07) is 6.01. The van der Waals surface area contributed by atoms with Gasteiger partial charge in [-0.05, 0) is 38.1 Å². The summed E-state index contributed by atoms with van der Waals surface area (Å²) in [6.45, 7) is 4.39. The molecular formula is C14H23NO5S. The molecule has 0 bridgehead atoms. The van der Waals surface area contributed by atoms with Crippen molar-refractivity contribution < 1.29 is 23.0 Å². The number of ether oxygens (including phenoxy) is 2. The van der Waals surface area contributed by atoms with Gasteiger partial charge in [-0.15, -0.1) is 0 Å². The molecule has 6 nitrogen and oxygen atoms in total. The second-order valence-electron chi connectivity index (χ2n) is 4.75. The fourth-order valence-electron chi connectivity index (χ4n) is 1.84. The second kappa shape index (κ2) is 8.33. The Bertz CT molecular complexity index is 513. The maximum absolute atomic E-state index is 12.6. The highest BCUT2D eigenvalue weighted by atomic mass is 32.2. The second-order valence-corrected chi connectivity index (χ2v) is 6.64. The molecule has 0 radical (unpaired) electrons. The molecule has 120 valence electrons. The van der Waals surface area contributed by atoms with Crippen LogP contribution >= 0.6 is 0 Å². The lowest BCUT2D eigenvalue weighted by molar-refractivity contribution is 0.171. The molecule has 0 saturated heterocycles. The fraction of sp³-hybridized carbons (Fsp3) is 0.571. The number of rotatable bonds is 9. The first kappa shape index (κ1) is 17.9. The van der Waals surface area contributed by atoms with E-state index >= 15 is 0 Å². The van der Waals surface area contributed by atoms with Crippen LogP contribution in [0.1, 0.15) is 13.8 Å². The van der Waals surface area contributed by atoms with Gasteiger partial charge in [0.15, 0.2) is 0 Å². The van der Waals surface area contributed by atoms with E-state index in [1.807, 2.05) is 13.8 Å². The van der Waals surface area contributed by atoms with Crippen molar-refractivity contribution in [3.8, 4) is 5.75 Å². The first-order chi connectivity index (χ1) is 9.93. The normalized spacial score (nSPS) is 12.1. The largest absolute Gasteiger partial charge is 0.491 e. The Morgan fingerprint density at radius 2 is 1.81 bits per heavy atom. The standard InChI is InChI=1S/C14H23NO5S/c1-12(2)15(8-10-19-3)21(17,18)14-6-4-13(5-7-14)20-11-9-16/h4-7,12,16H,8-11H2,1-3H3. The SMILES string of the molecule is COCCN(C(C)C)S(=O)(=O)c1ccc(OCCO)cc1. The lowest BCUT2D eigenvalue weighted by Crippen LogP contribution is -2.39. The van der Waals surface area contributed by atoms with Gasteiger partial charge in [-0.2, -0.15) is 4.31 Å². The van der Waals surface area contributed by atoms with Crippen molar-refractivity contribution in [1.82, 2.24) is 4.31 Å². The van der Waals surface area contributed by atoms with E-state index in [2.05, 4.69) is 0 Å². The molecule has 1 aromatic carbocycles. The van der Waals surface area contributed by atoms with Gasteiger partial charge in [0.05, 0.1) is 18.1 Å². The van der Waals surface area contributed by atoms with Crippen molar-refractivity contribution in [1.29, 1.82) is 0 Å². The molecule has 1 rings (SSSR count). The fourth-order valence-corrected chi connectivity index (χ4v) is 3.46. The molecule has 0 aliphatic heterocycles. The Morgan fingerprint density at radius 3 is 2.29 bits per heavy atom. The molecule has 1 N–H and O–H groups in total. The number of aliphatic hydroxyl groups excluding tert-OH is 1. The number of nitrogens with zero attached hydrogens (tertiary/aromatic N) is 1. The monoisotopic (exact) mass is 317 g/mol. The van der Waals surface area contributed by atoms with E-state index in [-0.39, 0.29) is 24.2 Å². The van der Waals surface area contributed by atoms with E-state index in [9.17, 15) is 8.42 Å². The van der Waals surface area contributed by atoms with Gasteiger partial charge in [0.2, 0.25) is 10.0 Å². The molecule has 0 aliphatic carbocycles. The maximum Gasteiger partial charge on any atom is 0.243 e. The van der Waals surface area contributed by atoms with Gasteiger partial charge >= 0.3 is 0 Å². The van der Waals surface area contributed by atoms with Crippen molar-refractivity contribution in [3.63, 3.8) is 0 Å². The highest BCUT2D eigenvalue weighted by molar-refractivity contribution is 7.89. The van der Waals surface area contributed by atoms with Crippen LogP contribution in [0.5, 0.6) is 5.75 Å². The number of hydrogen-bond donors (Lipinski definition) is 1. The van der Waals surface area contributed by atoms with E-state index < -0.39 is 10.0 Å². The van der Waals surface area contributed by atoms with Crippen LogP contribution in [0.4, 0.5) is 0 Å². The number of benzene rings is 1. The Balaban J connectivity index is 2.94. The first-order valence-electron chi connectivity index (χ1n) is 6.78. The van der Waals surface area contributed by atoms with E-state index in [1.165, 1.54) is 16.4 Å². The quantitative estimate of drug-likeness (QED) is 0.738. The lowest BCUT2D eigenvalue weighted by Gasteiger charge is -2.25. The Kier molecular flexibility index (Phi) is 7.10. The molecular weight excluding hydrogens is 294 g/mol. The Labute approximate surface area is 126 Å². The third-order valence-electron chi connectivity index (χ3n) is 2.88. The summed E-state index contributed by atoms with van der Waals surface area (Å²) in [5.74, 6) is 0.524. The zero-order valence-corrected chi connectivity index (χ0v) is 13.5. The summed E-state index contributed by atoms with van der Waals surface area (Å²) < 4.78 is 36.8. The van der Waals surface area contributed by atoms with E-state index in [0.717, 1.165) is 0 Å². The Hall–Kier alpha value is -1.15. The van der Waals surface area contributed by atoms with Crippen LogP contribution in [0.3, 0.4) is 0 Å². The van der Waals surface area contributed by atoms with Gasteiger partial charge < -0.3 is 14.6 Å². The molecule has 0 atom stereocenters. The summed E-state index contributed by atoms with van der Waals surface area (Å²) in [6.07, 6.45) is 0.